The van der Waals surface area contributed by atoms with E-state index >= 15 is 0 Å². The quantitative estimate of drug-likeness (QED) is 0.894. The van der Waals surface area contributed by atoms with E-state index in [4.69, 9.17) is 0 Å². The second-order valence-corrected chi connectivity index (χ2v) is 6.64. The van der Waals surface area contributed by atoms with Crippen molar-refractivity contribution >= 4 is 0 Å². The Kier molecular flexibility index (Phi) is 3.36. The first-order chi connectivity index (χ1) is 9.85. The number of aliphatic hydroxyl groups excluding tert-OH is 1. The van der Waals surface area contributed by atoms with E-state index < -0.39 is 17.7 Å². The van der Waals surface area contributed by atoms with Gasteiger partial charge in [-0.05, 0) is 30.4 Å². The van der Waals surface area contributed by atoms with Crippen molar-refractivity contribution in [2.24, 2.45) is 5.41 Å². The van der Waals surface area contributed by atoms with Crippen molar-refractivity contribution in [3.05, 3.63) is 58.9 Å². The molecule has 1 unspecified atom stereocenters. The zero-order chi connectivity index (χ0) is 15.2. The van der Waals surface area contributed by atoms with Crippen LogP contribution in [-0.4, -0.2) is 9.67 Å². The summed E-state index contributed by atoms with van der Waals surface area (Å²) < 4.78 is 28.7. The molecule has 1 heterocycles. The molecule has 21 heavy (non-hydrogen) atoms. The van der Waals surface area contributed by atoms with Crippen LogP contribution in [0.15, 0.2) is 30.5 Å². The Balaban J connectivity index is 1.94. The van der Waals surface area contributed by atoms with E-state index in [1.54, 1.807) is 0 Å². The fourth-order valence-electron chi connectivity index (χ4n) is 3.17. The van der Waals surface area contributed by atoms with Crippen LogP contribution in [0.2, 0.25) is 0 Å². The fourth-order valence-corrected chi connectivity index (χ4v) is 3.17. The zero-order valence-corrected chi connectivity index (χ0v) is 12.2. The molecule has 0 aliphatic heterocycles. The van der Waals surface area contributed by atoms with E-state index in [1.807, 2.05) is 16.8 Å². The molecule has 3 rings (SSSR count). The topological polar surface area (TPSA) is 25.2 Å². The first-order valence-electron chi connectivity index (χ1n) is 7.16. The van der Waals surface area contributed by atoms with E-state index in [-0.39, 0.29) is 5.41 Å². The number of halogens is 2. The molecule has 1 aromatic carbocycles. The minimum Gasteiger partial charge on any atom is -0.388 e. The lowest BCUT2D eigenvalue weighted by Gasteiger charge is -2.34. The Labute approximate surface area is 123 Å². The van der Waals surface area contributed by atoms with Gasteiger partial charge in [-0.3, -0.25) is 0 Å². The average Bonchev–Trinajstić information content (AvgIpc) is 2.74. The van der Waals surface area contributed by atoms with Crippen LogP contribution >= 0.6 is 0 Å². The molecule has 0 radical (unpaired) electrons. The standard InChI is InChI=1S/C17H19F2NO/c1-17(2)8-15-13(16(21)9-17)5-6-20(15)10-11-3-4-12(18)7-14(11)19/h3-7,16,21H,8-10H2,1-2H3. The third-order valence-electron chi connectivity index (χ3n) is 4.22. The molecule has 2 nitrogen and oxygen atoms in total. The van der Waals surface area contributed by atoms with Crippen molar-refractivity contribution in [2.45, 2.75) is 39.3 Å². The van der Waals surface area contributed by atoms with Gasteiger partial charge in [0.25, 0.3) is 0 Å². The number of rotatable bonds is 2. The van der Waals surface area contributed by atoms with Gasteiger partial charge in [0.1, 0.15) is 11.6 Å². The normalized spacial score (nSPS) is 20.3. The summed E-state index contributed by atoms with van der Waals surface area (Å²) in [5, 5.41) is 10.2. The van der Waals surface area contributed by atoms with Crippen molar-refractivity contribution in [3.8, 4) is 0 Å². The van der Waals surface area contributed by atoms with Crippen molar-refractivity contribution in [1.82, 2.24) is 4.57 Å². The van der Waals surface area contributed by atoms with Crippen LogP contribution in [0.4, 0.5) is 8.78 Å². The van der Waals surface area contributed by atoms with Crippen molar-refractivity contribution < 1.29 is 13.9 Å². The maximum Gasteiger partial charge on any atom is 0.131 e. The van der Waals surface area contributed by atoms with Crippen molar-refractivity contribution in [2.75, 3.05) is 0 Å². The van der Waals surface area contributed by atoms with E-state index in [1.165, 1.54) is 12.1 Å². The number of nitrogens with zero attached hydrogens (tertiary/aromatic N) is 1. The third-order valence-corrected chi connectivity index (χ3v) is 4.22. The largest absolute Gasteiger partial charge is 0.388 e. The lowest BCUT2D eigenvalue weighted by molar-refractivity contribution is 0.0981. The lowest BCUT2D eigenvalue weighted by Crippen LogP contribution is -2.27. The van der Waals surface area contributed by atoms with Crippen LogP contribution < -0.4 is 0 Å². The van der Waals surface area contributed by atoms with Gasteiger partial charge in [-0.25, -0.2) is 8.78 Å². The van der Waals surface area contributed by atoms with Gasteiger partial charge in [-0.2, -0.15) is 0 Å². The highest BCUT2D eigenvalue weighted by Crippen LogP contribution is 2.41. The SMILES string of the molecule is CC1(C)Cc2c(ccn2Cc2ccc(F)cc2F)C(O)C1. The second kappa shape index (κ2) is 4.95. The predicted octanol–water partition coefficient (Wildman–Crippen LogP) is 3.82. The molecule has 0 saturated heterocycles. The summed E-state index contributed by atoms with van der Waals surface area (Å²) in [6.45, 7) is 4.59. The molecular formula is C17H19F2NO. The summed E-state index contributed by atoms with van der Waals surface area (Å²) in [6, 6.07) is 5.55. The Morgan fingerprint density at radius 3 is 2.76 bits per heavy atom. The maximum atomic E-state index is 13.8. The van der Waals surface area contributed by atoms with E-state index in [2.05, 4.69) is 13.8 Å². The predicted molar refractivity (Wildman–Crippen MR) is 77.0 cm³/mol. The molecule has 1 atom stereocenters. The first kappa shape index (κ1) is 14.3. The van der Waals surface area contributed by atoms with E-state index in [9.17, 15) is 13.9 Å². The van der Waals surface area contributed by atoms with Crippen LogP contribution in [-0.2, 0) is 13.0 Å². The summed E-state index contributed by atoms with van der Waals surface area (Å²) in [4.78, 5) is 0. The van der Waals surface area contributed by atoms with Gasteiger partial charge in [0.05, 0.1) is 12.6 Å². The van der Waals surface area contributed by atoms with Crippen molar-refractivity contribution in [1.29, 1.82) is 0 Å². The minimum atomic E-state index is -0.567. The molecule has 0 bridgehead atoms. The lowest BCUT2D eigenvalue weighted by atomic mass is 9.75. The molecule has 1 aromatic heterocycles. The highest BCUT2D eigenvalue weighted by molar-refractivity contribution is 5.30. The summed E-state index contributed by atoms with van der Waals surface area (Å²) in [6.07, 6.45) is 2.98. The second-order valence-electron chi connectivity index (χ2n) is 6.64. The summed E-state index contributed by atoms with van der Waals surface area (Å²) in [5.41, 5.74) is 2.44. The number of hydrogen-bond donors (Lipinski definition) is 1. The molecule has 0 amide bonds. The molecule has 112 valence electrons. The molecule has 1 aliphatic rings. The highest BCUT2D eigenvalue weighted by atomic mass is 19.1. The number of hydrogen-bond acceptors (Lipinski definition) is 1. The molecule has 0 spiro atoms. The van der Waals surface area contributed by atoms with Gasteiger partial charge in [0.2, 0.25) is 0 Å². The number of fused-ring (bicyclic) bond motifs is 1. The Bertz CT molecular complexity index is 675. The molecular weight excluding hydrogens is 272 g/mol. The van der Waals surface area contributed by atoms with Gasteiger partial charge in [-0.1, -0.05) is 19.9 Å². The van der Waals surface area contributed by atoms with Gasteiger partial charge in [0, 0.05) is 29.1 Å². The summed E-state index contributed by atoms with van der Waals surface area (Å²) in [5.74, 6) is -1.10. The number of benzene rings is 1. The molecule has 1 N–H and O–H groups in total. The molecule has 1 aliphatic carbocycles. The van der Waals surface area contributed by atoms with Crippen LogP contribution in [0, 0.1) is 17.0 Å². The van der Waals surface area contributed by atoms with Gasteiger partial charge < -0.3 is 9.67 Å². The molecule has 4 heteroatoms. The minimum absolute atomic E-state index is 0.0177. The third kappa shape index (κ3) is 2.72. The van der Waals surface area contributed by atoms with Gasteiger partial charge in [-0.15, -0.1) is 0 Å². The number of aromatic nitrogens is 1. The Morgan fingerprint density at radius 2 is 2.05 bits per heavy atom. The highest BCUT2D eigenvalue weighted by Gasteiger charge is 2.33. The molecule has 0 saturated carbocycles. The van der Waals surface area contributed by atoms with Crippen LogP contribution in [0.3, 0.4) is 0 Å². The van der Waals surface area contributed by atoms with E-state index in [0.29, 0.717) is 12.1 Å². The maximum absolute atomic E-state index is 13.8. The number of aliphatic hydroxyl groups is 1. The monoisotopic (exact) mass is 291 g/mol. The first-order valence-corrected chi connectivity index (χ1v) is 7.16. The smallest absolute Gasteiger partial charge is 0.131 e. The molecule has 2 aromatic rings. The summed E-state index contributed by atoms with van der Waals surface area (Å²) >= 11 is 0. The summed E-state index contributed by atoms with van der Waals surface area (Å²) in [7, 11) is 0. The fraction of sp³-hybridized carbons (Fsp3) is 0.412. The molecule has 0 fully saturated rings. The zero-order valence-electron chi connectivity index (χ0n) is 12.2. The van der Waals surface area contributed by atoms with Crippen LogP contribution in [0.1, 0.15) is 43.2 Å². The average molecular weight is 291 g/mol. The van der Waals surface area contributed by atoms with Gasteiger partial charge in [0.15, 0.2) is 0 Å². The Morgan fingerprint density at radius 1 is 1.29 bits per heavy atom. The Hall–Kier alpha value is -1.68. The van der Waals surface area contributed by atoms with Crippen LogP contribution in [0.25, 0.3) is 0 Å². The van der Waals surface area contributed by atoms with E-state index in [0.717, 1.165) is 30.2 Å². The van der Waals surface area contributed by atoms with Crippen LogP contribution in [0.5, 0.6) is 0 Å². The van der Waals surface area contributed by atoms with Gasteiger partial charge >= 0.3 is 0 Å². The van der Waals surface area contributed by atoms with Crippen molar-refractivity contribution in [3.63, 3.8) is 0 Å².